The lowest BCUT2D eigenvalue weighted by Gasteiger charge is -2.42. The number of hydrogen-bond acceptors (Lipinski definition) is 9. The van der Waals surface area contributed by atoms with Gasteiger partial charge in [-0.05, 0) is 73.8 Å². The molecule has 0 radical (unpaired) electrons. The minimum Gasteiger partial charge on any atom is -0.507 e. The van der Waals surface area contributed by atoms with Gasteiger partial charge in [-0.2, -0.15) is 0 Å². The molecule has 2 aliphatic heterocycles. The zero-order valence-electron chi connectivity index (χ0n) is 23.9. The summed E-state index contributed by atoms with van der Waals surface area (Å²) in [7, 11) is 0. The summed E-state index contributed by atoms with van der Waals surface area (Å²) >= 11 is 0. The van der Waals surface area contributed by atoms with Crippen molar-refractivity contribution in [2.75, 3.05) is 28.6 Å². The second-order valence-electron chi connectivity index (χ2n) is 12.0. The number of rotatable bonds is 6. The van der Waals surface area contributed by atoms with Crippen LogP contribution in [-0.2, 0) is 4.79 Å². The molecular weight excluding hydrogens is 542 g/mol. The maximum absolute atomic E-state index is 11.3. The molecule has 7 rings (SSSR count). The lowest BCUT2D eigenvalue weighted by molar-refractivity contribution is -0.142. The van der Waals surface area contributed by atoms with E-state index in [1.54, 1.807) is 12.1 Å². The molecule has 0 amide bonds. The number of piperazine rings is 1. The Hall–Kier alpha value is -4.73. The Morgan fingerprint density at radius 1 is 0.837 bits per heavy atom. The number of carboxylic acids is 1. The molecule has 2 bridgehead atoms. The van der Waals surface area contributed by atoms with Gasteiger partial charge in [0, 0.05) is 48.7 Å². The molecule has 1 saturated carbocycles. The molecule has 3 aliphatic rings. The molecule has 3 fully saturated rings. The van der Waals surface area contributed by atoms with Gasteiger partial charge in [0.1, 0.15) is 5.75 Å². The van der Waals surface area contributed by atoms with Crippen LogP contribution < -0.4 is 15.5 Å². The molecule has 4 heterocycles. The van der Waals surface area contributed by atoms with Crippen LogP contribution in [0.4, 0.5) is 17.5 Å². The van der Waals surface area contributed by atoms with Crippen LogP contribution in [-0.4, -0.2) is 61.5 Å². The van der Waals surface area contributed by atoms with Gasteiger partial charge in [-0.1, -0.05) is 36.4 Å². The van der Waals surface area contributed by atoms with E-state index in [1.165, 1.54) is 5.56 Å². The number of aromatic nitrogens is 4. The van der Waals surface area contributed by atoms with Gasteiger partial charge in [0.05, 0.1) is 17.3 Å². The number of para-hydroxylation sites is 1. The van der Waals surface area contributed by atoms with Crippen LogP contribution in [0.5, 0.6) is 5.75 Å². The molecule has 2 aromatic heterocycles. The zero-order chi connectivity index (χ0) is 29.5. The number of carbonyl (C=O) groups is 1. The largest absolute Gasteiger partial charge is 0.507 e. The van der Waals surface area contributed by atoms with Crippen LogP contribution in [0.15, 0.2) is 67.0 Å². The third-order valence-corrected chi connectivity index (χ3v) is 9.47. The van der Waals surface area contributed by atoms with E-state index in [1.807, 2.05) is 30.6 Å². The van der Waals surface area contributed by atoms with Crippen LogP contribution in [0.25, 0.3) is 22.4 Å². The molecule has 10 heteroatoms. The van der Waals surface area contributed by atoms with Crippen molar-refractivity contribution >= 4 is 23.4 Å². The van der Waals surface area contributed by atoms with Gasteiger partial charge in [0.15, 0.2) is 5.82 Å². The van der Waals surface area contributed by atoms with Crippen molar-refractivity contribution in [3.63, 3.8) is 0 Å². The van der Waals surface area contributed by atoms with E-state index in [2.05, 4.69) is 44.3 Å². The highest BCUT2D eigenvalue weighted by Gasteiger charge is 2.42. The van der Waals surface area contributed by atoms with Gasteiger partial charge >= 0.3 is 5.97 Å². The third kappa shape index (κ3) is 5.22. The van der Waals surface area contributed by atoms with Crippen molar-refractivity contribution in [2.24, 2.45) is 5.92 Å². The highest BCUT2D eigenvalue weighted by Crippen LogP contribution is 2.39. The van der Waals surface area contributed by atoms with Gasteiger partial charge in [-0.25, -0.2) is 9.97 Å². The monoisotopic (exact) mass is 577 g/mol. The molecule has 4 aromatic rings. The molecular formula is C33H35N7O3. The van der Waals surface area contributed by atoms with E-state index < -0.39 is 5.97 Å². The number of nitrogens with zero attached hydrogens (tertiary/aromatic N) is 6. The van der Waals surface area contributed by atoms with Crippen LogP contribution in [0, 0.1) is 5.92 Å². The third-order valence-electron chi connectivity index (χ3n) is 9.47. The van der Waals surface area contributed by atoms with Crippen molar-refractivity contribution in [3.05, 3.63) is 72.6 Å². The van der Waals surface area contributed by atoms with Gasteiger partial charge < -0.3 is 25.7 Å². The topological polar surface area (TPSA) is 142 Å². The lowest BCUT2D eigenvalue weighted by Crippen LogP contribution is -2.54. The van der Waals surface area contributed by atoms with Crippen molar-refractivity contribution < 1.29 is 15.0 Å². The summed E-state index contributed by atoms with van der Waals surface area (Å²) in [5.74, 6) is 0.854. The number of aliphatic carboxylic acids is 1. The summed E-state index contributed by atoms with van der Waals surface area (Å²) in [6.07, 6.45) is 9.26. The Balaban J connectivity index is 1.03. The van der Waals surface area contributed by atoms with E-state index in [-0.39, 0.29) is 23.8 Å². The quantitative estimate of drug-likeness (QED) is 0.283. The summed E-state index contributed by atoms with van der Waals surface area (Å²) in [5, 5.41) is 28.1. The molecule has 2 unspecified atom stereocenters. The molecule has 2 aromatic carbocycles. The number of anilines is 3. The SMILES string of the molecule is Nc1nnc(-c2ccccc2O)cc1N1CC2CCC(C1)N2c1ncc(-c2ccc(C3CCC(C(=O)O)CC3)cc2)cn1. The number of phenolic OH excluding ortho intramolecular Hbond substituents is 1. The average Bonchev–Trinajstić information content (AvgIpc) is 3.30. The maximum atomic E-state index is 11.3. The molecule has 10 nitrogen and oxygen atoms in total. The minimum atomic E-state index is -0.665. The predicted octanol–water partition coefficient (Wildman–Crippen LogP) is 5.10. The second kappa shape index (κ2) is 11.2. The maximum Gasteiger partial charge on any atom is 0.306 e. The molecule has 2 atom stereocenters. The second-order valence-corrected chi connectivity index (χ2v) is 12.0. The summed E-state index contributed by atoms with van der Waals surface area (Å²) in [6.45, 7) is 1.54. The first-order valence-corrected chi connectivity index (χ1v) is 15.0. The zero-order valence-corrected chi connectivity index (χ0v) is 23.9. The van der Waals surface area contributed by atoms with Gasteiger partial charge in [0.25, 0.3) is 0 Å². The Morgan fingerprint density at radius 3 is 2.16 bits per heavy atom. The number of benzene rings is 2. The van der Waals surface area contributed by atoms with Crippen LogP contribution in [0.1, 0.15) is 50.0 Å². The standard InChI is InChI=1S/C33H35N7O3/c34-31-29(15-28(37-38-31)27-3-1-2-4-30(27)41)39-18-25-13-14-26(19-39)40(25)33-35-16-24(17-36-33)22-7-5-20(6-8-22)21-9-11-23(12-10-21)32(42)43/h1-8,15-17,21,23,25-26,41H,9-14,18-19H2,(H2,34,38)(H,42,43). The molecule has 43 heavy (non-hydrogen) atoms. The van der Waals surface area contributed by atoms with Crippen molar-refractivity contribution in [3.8, 4) is 28.1 Å². The Bertz CT molecular complexity index is 1610. The molecule has 220 valence electrons. The highest BCUT2D eigenvalue weighted by molar-refractivity contribution is 5.74. The fourth-order valence-corrected chi connectivity index (χ4v) is 7.12. The van der Waals surface area contributed by atoms with Crippen LogP contribution >= 0.6 is 0 Å². The fraction of sp³-hybridized carbons (Fsp3) is 0.364. The Labute approximate surface area is 250 Å². The van der Waals surface area contributed by atoms with Crippen LogP contribution in [0.2, 0.25) is 0 Å². The molecule has 2 saturated heterocycles. The fourth-order valence-electron chi connectivity index (χ4n) is 7.12. The number of nitrogens with two attached hydrogens (primary N) is 1. The first kappa shape index (κ1) is 27.1. The molecule has 1 aliphatic carbocycles. The average molecular weight is 578 g/mol. The van der Waals surface area contributed by atoms with Crippen molar-refractivity contribution in [1.29, 1.82) is 0 Å². The van der Waals surface area contributed by atoms with E-state index in [0.29, 0.717) is 23.0 Å². The van der Waals surface area contributed by atoms with Gasteiger partial charge in [-0.15, -0.1) is 10.2 Å². The Morgan fingerprint density at radius 2 is 1.51 bits per heavy atom. The van der Waals surface area contributed by atoms with E-state index in [9.17, 15) is 15.0 Å². The van der Waals surface area contributed by atoms with Crippen molar-refractivity contribution in [1.82, 2.24) is 20.2 Å². The number of phenols is 1. The van der Waals surface area contributed by atoms with Gasteiger partial charge in [-0.3, -0.25) is 4.79 Å². The van der Waals surface area contributed by atoms with E-state index >= 15 is 0 Å². The summed E-state index contributed by atoms with van der Waals surface area (Å²) in [5.41, 5.74) is 11.7. The first-order chi connectivity index (χ1) is 20.9. The van der Waals surface area contributed by atoms with Crippen LogP contribution in [0.3, 0.4) is 0 Å². The highest BCUT2D eigenvalue weighted by atomic mass is 16.4. The summed E-state index contributed by atoms with van der Waals surface area (Å²) in [6, 6.07) is 18.1. The molecule has 4 N–H and O–H groups in total. The molecule has 0 spiro atoms. The summed E-state index contributed by atoms with van der Waals surface area (Å²) < 4.78 is 0. The number of carboxylic acid groups (broad SMARTS) is 1. The number of hydrogen-bond donors (Lipinski definition) is 3. The van der Waals surface area contributed by atoms with Gasteiger partial charge in [0.2, 0.25) is 5.95 Å². The Kier molecular flexibility index (Phi) is 7.04. The first-order valence-electron chi connectivity index (χ1n) is 15.0. The normalized spacial score (nSPS) is 23.3. The van der Waals surface area contributed by atoms with Crippen molar-refractivity contribution in [2.45, 2.75) is 56.5 Å². The summed E-state index contributed by atoms with van der Waals surface area (Å²) in [4.78, 5) is 25.5. The minimum absolute atomic E-state index is 0.161. The lowest BCUT2D eigenvalue weighted by atomic mass is 9.78. The number of fused-ring (bicyclic) bond motifs is 2. The van der Waals surface area contributed by atoms with E-state index in [0.717, 1.165) is 74.4 Å². The number of aromatic hydroxyl groups is 1. The smallest absolute Gasteiger partial charge is 0.306 e. The van der Waals surface area contributed by atoms with E-state index in [4.69, 9.17) is 15.7 Å². The predicted molar refractivity (Wildman–Crippen MR) is 165 cm³/mol. The number of nitrogen functional groups attached to an aromatic ring is 1.